The smallest absolute Gasteiger partial charge is 0.274 e. The highest BCUT2D eigenvalue weighted by Crippen LogP contribution is 2.17. The zero-order valence-corrected chi connectivity index (χ0v) is 15.1. The number of aromatic nitrogens is 2. The SMILES string of the molecule is CCCCS(=O)(=O)N1CCN(C(=O)c2cc3n(n2)CCCC3)CC1. The molecule has 0 atom stereocenters. The average molecular weight is 354 g/mol. The number of rotatable bonds is 5. The van der Waals surface area contributed by atoms with Crippen LogP contribution in [0, 0.1) is 0 Å². The van der Waals surface area contributed by atoms with Crippen molar-refractivity contribution in [3.8, 4) is 0 Å². The van der Waals surface area contributed by atoms with Crippen molar-refractivity contribution in [3.05, 3.63) is 17.5 Å². The van der Waals surface area contributed by atoms with Gasteiger partial charge in [-0.3, -0.25) is 9.48 Å². The Balaban J connectivity index is 1.60. The Kier molecular flexibility index (Phi) is 5.24. The minimum atomic E-state index is -3.19. The summed E-state index contributed by atoms with van der Waals surface area (Å²) in [6.45, 7) is 4.50. The van der Waals surface area contributed by atoms with E-state index in [-0.39, 0.29) is 11.7 Å². The average Bonchev–Trinajstić information content (AvgIpc) is 3.03. The maximum absolute atomic E-state index is 12.6. The number of fused-ring (bicyclic) bond motifs is 1. The van der Waals surface area contributed by atoms with Crippen LogP contribution in [0.4, 0.5) is 0 Å². The van der Waals surface area contributed by atoms with Crippen LogP contribution in [-0.4, -0.2) is 65.2 Å². The van der Waals surface area contributed by atoms with E-state index in [2.05, 4.69) is 5.10 Å². The molecular weight excluding hydrogens is 328 g/mol. The van der Waals surface area contributed by atoms with E-state index in [1.54, 1.807) is 4.90 Å². The number of aryl methyl sites for hydroxylation is 2. The molecule has 2 aliphatic heterocycles. The van der Waals surface area contributed by atoms with Crippen LogP contribution in [0.2, 0.25) is 0 Å². The number of sulfonamides is 1. The molecule has 1 fully saturated rings. The van der Waals surface area contributed by atoms with Gasteiger partial charge >= 0.3 is 0 Å². The van der Waals surface area contributed by atoms with Crippen LogP contribution in [0.3, 0.4) is 0 Å². The Hall–Kier alpha value is -1.41. The fourth-order valence-electron chi connectivity index (χ4n) is 3.31. The van der Waals surface area contributed by atoms with Crippen LogP contribution < -0.4 is 0 Å². The molecule has 0 saturated carbocycles. The molecule has 3 rings (SSSR count). The second kappa shape index (κ2) is 7.23. The first-order chi connectivity index (χ1) is 11.5. The number of hydrogen-bond acceptors (Lipinski definition) is 4. The number of hydrogen-bond donors (Lipinski definition) is 0. The Morgan fingerprint density at radius 2 is 1.92 bits per heavy atom. The van der Waals surface area contributed by atoms with Gasteiger partial charge in [0.15, 0.2) is 5.69 Å². The summed E-state index contributed by atoms with van der Waals surface area (Å²) in [5.41, 5.74) is 1.62. The van der Waals surface area contributed by atoms with Crippen molar-refractivity contribution < 1.29 is 13.2 Å². The van der Waals surface area contributed by atoms with Crippen molar-refractivity contribution in [2.75, 3.05) is 31.9 Å². The van der Waals surface area contributed by atoms with Gasteiger partial charge in [-0.05, 0) is 31.7 Å². The van der Waals surface area contributed by atoms with Crippen molar-refractivity contribution in [2.24, 2.45) is 0 Å². The van der Waals surface area contributed by atoms with E-state index in [1.165, 1.54) is 4.31 Å². The number of amides is 1. The van der Waals surface area contributed by atoms with E-state index >= 15 is 0 Å². The third kappa shape index (κ3) is 3.64. The number of carbonyl (C=O) groups is 1. The van der Waals surface area contributed by atoms with Gasteiger partial charge in [0.25, 0.3) is 5.91 Å². The molecule has 3 heterocycles. The number of piperazine rings is 1. The monoisotopic (exact) mass is 354 g/mol. The van der Waals surface area contributed by atoms with Gasteiger partial charge in [0.05, 0.1) is 5.75 Å². The predicted octanol–water partition coefficient (Wildman–Crippen LogP) is 1.11. The molecule has 24 heavy (non-hydrogen) atoms. The summed E-state index contributed by atoms with van der Waals surface area (Å²) in [7, 11) is -3.19. The lowest BCUT2D eigenvalue weighted by atomic mass is 10.1. The molecule has 1 saturated heterocycles. The van der Waals surface area contributed by atoms with Crippen molar-refractivity contribution in [3.63, 3.8) is 0 Å². The molecule has 0 spiro atoms. The summed E-state index contributed by atoms with van der Waals surface area (Å²) >= 11 is 0. The molecule has 0 radical (unpaired) electrons. The molecule has 8 heteroatoms. The summed E-state index contributed by atoms with van der Waals surface area (Å²) in [5, 5.41) is 4.43. The molecule has 0 bridgehead atoms. The summed E-state index contributed by atoms with van der Waals surface area (Å²) in [6.07, 6.45) is 4.78. The maximum atomic E-state index is 12.6. The van der Waals surface area contributed by atoms with Crippen LogP contribution in [-0.2, 0) is 23.0 Å². The van der Waals surface area contributed by atoms with Crippen LogP contribution in [0.15, 0.2) is 6.07 Å². The molecule has 1 aromatic heterocycles. The van der Waals surface area contributed by atoms with Crippen molar-refractivity contribution in [2.45, 2.75) is 45.6 Å². The first-order valence-corrected chi connectivity index (χ1v) is 10.5. The number of unbranched alkanes of at least 4 members (excludes halogenated alkanes) is 1. The zero-order chi connectivity index (χ0) is 17.2. The standard InChI is InChI=1S/C16H26N4O3S/c1-2-3-12-24(22,23)19-10-8-18(9-11-19)16(21)15-13-14-6-4-5-7-20(14)17-15/h13H,2-12H2,1H3. The van der Waals surface area contributed by atoms with E-state index in [9.17, 15) is 13.2 Å². The molecule has 134 valence electrons. The quantitative estimate of drug-likeness (QED) is 0.794. The lowest BCUT2D eigenvalue weighted by Gasteiger charge is -2.33. The highest BCUT2D eigenvalue weighted by molar-refractivity contribution is 7.89. The van der Waals surface area contributed by atoms with E-state index in [0.717, 1.165) is 37.9 Å². The molecule has 1 amide bonds. The van der Waals surface area contributed by atoms with Crippen molar-refractivity contribution in [1.29, 1.82) is 0 Å². The van der Waals surface area contributed by atoms with E-state index in [0.29, 0.717) is 38.3 Å². The molecule has 0 aromatic carbocycles. The largest absolute Gasteiger partial charge is 0.335 e. The minimum absolute atomic E-state index is 0.0810. The predicted molar refractivity (Wildman–Crippen MR) is 91.3 cm³/mol. The van der Waals surface area contributed by atoms with Crippen LogP contribution in [0.25, 0.3) is 0 Å². The lowest BCUT2D eigenvalue weighted by Crippen LogP contribution is -2.51. The third-order valence-electron chi connectivity index (χ3n) is 4.81. The van der Waals surface area contributed by atoms with Crippen molar-refractivity contribution in [1.82, 2.24) is 19.0 Å². The normalized spacial score (nSPS) is 19.3. The fourth-order valence-corrected chi connectivity index (χ4v) is 4.94. The van der Waals surface area contributed by atoms with Gasteiger partial charge in [-0.2, -0.15) is 9.40 Å². The van der Waals surface area contributed by atoms with Gasteiger partial charge in [-0.25, -0.2) is 8.42 Å². The van der Waals surface area contributed by atoms with E-state index in [4.69, 9.17) is 0 Å². The lowest BCUT2D eigenvalue weighted by molar-refractivity contribution is 0.0691. The first kappa shape index (κ1) is 17.4. The topological polar surface area (TPSA) is 75.5 Å². The maximum Gasteiger partial charge on any atom is 0.274 e. The van der Waals surface area contributed by atoms with Gasteiger partial charge in [-0.1, -0.05) is 13.3 Å². The molecule has 2 aliphatic rings. The Bertz CT molecular complexity index is 667. The molecular formula is C16H26N4O3S. The summed E-state index contributed by atoms with van der Waals surface area (Å²) < 4.78 is 27.9. The van der Waals surface area contributed by atoms with Gasteiger partial charge in [-0.15, -0.1) is 0 Å². The summed E-state index contributed by atoms with van der Waals surface area (Å²) in [4.78, 5) is 14.4. The van der Waals surface area contributed by atoms with E-state index < -0.39 is 10.0 Å². The fraction of sp³-hybridized carbons (Fsp3) is 0.750. The zero-order valence-electron chi connectivity index (χ0n) is 14.3. The molecule has 1 aromatic rings. The Labute approximate surface area is 143 Å². The van der Waals surface area contributed by atoms with Gasteiger partial charge in [0, 0.05) is 38.4 Å². The number of nitrogens with zero attached hydrogens (tertiary/aromatic N) is 4. The van der Waals surface area contributed by atoms with Gasteiger partial charge in [0.1, 0.15) is 0 Å². The minimum Gasteiger partial charge on any atom is -0.335 e. The van der Waals surface area contributed by atoms with Crippen LogP contribution in [0.1, 0.15) is 48.8 Å². The summed E-state index contributed by atoms with van der Waals surface area (Å²) in [5.74, 6) is 0.119. The summed E-state index contributed by atoms with van der Waals surface area (Å²) in [6, 6.07) is 1.89. The molecule has 7 nitrogen and oxygen atoms in total. The highest BCUT2D eigenvalue weighted by atomic mass is 32.2. The second-order valence-electron chi connectivity index (χ2n) is 6.56. The van der Waals surface area contributed by atoms with Crippen LogP contribution >= 0.6 is 0 Å². The molecule has 0 N–H and O–H groups in total. The number of carbonyl (C=O) groups excluding carboxylic acids is 1. The van der Waals surface area contributed by atoms with Crippen LogP contribution in [0.5, 0.6) is 0 Å². The Morgan fingerprint density at radius 1 is 1.17 bits per heavy atom. The van der Waals surface area contributed by atoms with Gasteiger partial charge < -0.3 is 4.90 Å². The third-order valence-corrected chi connectivity index (χ3v) is 6.77. The first-order valence-electron chi connectivity index (χ1n) is 8.85. The van der Waals surface area contributed by atoms with Gasteiger partial charge in [0.2, 0.25) is 10.0 Å². The molecule has 0 aliphatic carbocycles. The van der Waals surface area contributed by atoms with Crippen molar-refractivity contribution >= 4 is 15.9 Å². The van der Waals surface area contributed by atoms with E-state index in [1.807, 2.05) is 17.7 Å². The Morgan fingerprint density at radius 3 is 2.58 bits per heavy atom. The second-order valence-corrected chi connectivity index (χ2v) is 8.65. The molecule has 0 unspecified atom stereocenters. The highest BCUT2D eigenvalue weighted by Gasteiger charge is 2.30.